The molecule has 10 nitrogen and oxygen atoms in total. The number of nitrogens with one attached hydrogen (secondary N) is 2. The van der Waals surface area contributed by atoms with Gasteiger partial charge in [0.2, 0.25) is 0 Å². The molecule has 3 aromatic rings. The summed E-state index contributed by atoms with van der Waals surface area (Å²) < 4.78 is 11.8. The molecule has 35 heavy (non-hydrogen) atoms. The van der Waals surface area contributed by atoms with Gasteiger partial charge < -0.3 is 19.9 Å². The average Bonchev–Trinajstić information content (AvgIpc) is 3.37. The average molecular weight is 479 g/mol. The molecular formula is C25H26N4O6. The van der Waals surface area contributed by atoms with E-state index in [0.717, 1.165) is 22.3 Å². The number of aromatic nitrogens is 2. The molecule has 1 aliphatic rings. The molecule has 0 spiro atoms. The lowest BCUT2D eigenvalue weighted by molar-refractivity contribution is -0.142. The topological polar surface area (TPSA) is 132 Å². The standard InChI is InChI=1S/C25H26N4O6/c1-14(34-3)21(24(31)32)28-23(30)22-20(12-26-29(22)2)27-25(33)35-13-19-17-10-6-4-8-15(17)16-9-5-7-11-18(16)19/h4-12,14,19,21H,13H2,1-3H3,(H,27,33)(H,28,30)(H,31,32). The number of carbonyl (C=O) groups excluding carboxylic acids is 2. The molecule has 0 bridgehead atoms. The van der Waals surface area contributed by atoms with Crippen LogP contribution in [0.2, 0.25) is 0 Å². The highest BCUT2D eigenvalue weighted by molar-refractivity contribution is 6.02. The molecule has 0 saturated carbocycles. The van der Waals surface area contributed by atoms with Gasteiger partial charge in [-0.25, -0.2) is 9.59 Å². The lowest BCUT2D eigenvalue weighted by Gasteiger charge is -2.20. The Hall–Kier alpha value is -4.18. The van der Waals surface area contributed by atoms with E-state index in [1.165, 1.54) is 32.0 Å². The van der Waals surface area contributed by atoms with Gasteiger partial charge in [0.25, 0.3) is 5.91 Å². The summed E-state index contributed by atoms with van der Waals surface area (Å²) in [5.74, 6) is -2.09. The van der Waals surface area contributed by atoms with Gasteiger partial charge in [-0.3, -0.25) is 14.8 Å². The number of carboxylic acid groups (broad SMARTS) is 1. The van der Waals surface area contributed by atoms with Crippen LogP contribution < -0.4 is 10.6 Å². The van der Waals surface area contributed by atoms with Crippen LogP contribution in [0.1, 0.15) is 34.5 Å². The molecule has 1 aromatic heterocycles. The first kappa shape index (κ1) is 24.0. The molecule has 0 fully saturated rings. The number of carbonyl (C=O) groups is 3. The van der Waals surface area contributed by atoms with Gasteiger partial charge in [-0.2, -0.15) is 5.10 Å². The fraction of sp³-hybridized carbons (Fsp3) is 0.280. The Balaban J connectivity index is 1.46. The lowest BCUT2D eigenvalue weighted by atomic mass is 9.98. The Morgan fingerprint density at radius 3 is 2.26 bits per heavy atom. The number of aliphatic carboxylic acids is 1. The summed E-state index contributed by atoms with van der Waals surface area (Å²) in [6.45, 7) is 1.63. The van der Waals surface area contributed by atoms with Crippen LogP contribution >= 0.6 is 0 Å². The van der Waals surface area contributed by atoms with Crippen LogP contribution in [0.4, 0.5) is 10.5 Å². The number of nitrogens with zero attached hydrogens (tertiary/aromatic N) is 2. The second-order valence-corrected chi connectivity index (χ2v) is 8.21. The normalized spacial score (nSPS) is 13.9. The third-order valence-corrected chi connectivity index (χ3v) is 6.13. The van der Waals surface area contributed by atoms with Crippen LogP contribution in [0, 0.1) is 0 Å². The van der Waals surface area contributed by atoms with Crippen molar-refractivity contribution in [2.24, 2.45) is 7.05 Å². The van der Waals surface area contributed by atoms with Crippen molar-refractivity contribution >= 4 is 23.7 Å². The zero-order valence-electron chi connectivity index (χ0n) is 19.5. The number of aryl methyl sites for hydroxylation is 1. The van der Waals surface area contributed by atoms with E-state index in [-0.39, 0.29) is 23.9 Å². The second-order valence-electron chi connectivity index (χ2n) is 8.21. The number of hydrogen-bond donors (Lipinski definition) is 3. The van der Waals surface area contributed by atoms with Crippen molar-refractivity contribution in [1.82, 2.24) is 15.1 Å². The molecule has 2 amide bonds. The van der Waals surface area contributed by atoms with E-state index in [9.17, 15) is 19.5 Å². The highest BCUT2D eigenvalue weighted by atomic mass is 16.5. The Kier molecular flexibility index (Phi) is 6.83. The first-order valence-electron chi connectivity index (χ1n) is 11.0. The molecule has 182 valence electrons. The highest BCUT2D eigenvalue weighted by Crippen LogP contribution is 2.44. The summed E-state index contributed by atoms with van der Waals surface area (Å²) in [6.07, 6.45) is -0.233. The van der Waals surface area contributed by atoms with Gasteiger partial charge >= 0.3 is 12.1 Å². The van der Waals surface area contributed by atoms with Gasteiger partial charge in [0.1, 0.15) is 12.3 Å². The van der Waals surface area contributed by atoms with E-state index in [1.54, 1.807) is 0 Å². The summed E-state index contributed by atoms with van der Waals surface area (Å²) in [7, 11) is 2.86. The minimum atomic E-state index is -1.29. The molecular weight excluding hydrogens is 452 g/mol. The Morgan fingerprint density at radius 2 is 1.69 bits per heavy atom. The maximum Gasteiger partial charge on any atom is 0.411 e. The number of amides is 2. The van der Waals surface area contributed by atoms with Gasteiger partial charge in [-0.15, -0.1) is 0 Å². The number of ether oxygens (including phenoxy) is 2. The SMILES string of the molecule is COC(C)C(NC(=O)c1c(NC(=O)OCC2c3ccccc3-c3ccccc32)cnn1C)C(=O)O. The molecule has 0 aliphatic heterocycles. The van der Waals surface area contributed by atoms with Crippen molar-refractivity contribution in [3.05, 3.63) is 71.5 Å². The summed E-state index contributed by atoms with van der Waals surface area (Å²) in [4.78, 5) is 37.0. The van der Waals surface area contributed by atoms with Crippen LogP contribution in [0.15, 0.2) is 54.7 Å². The van der Waals surface area contributed by atoms with Crippen LogP contribution in [-0.4, -0.2) is 58.7 Å². The molecule has 2 atom stereocenters. The van der Waals surface area contributed by atoms with Crippen LogP contribution in [-0.2, 0) is 21.3 Å². The fourth-order valence-corrected chi connectivity index (χ4v) is 4.27. The Labute approximate surface area is 201 Å². The maximum atomic E-state index is 12.8. The zero-order valence-corrected chi connectivity index (χ0v) is 19.5. The van der Waals surface area contributed by atoms with E-state index in [2.05, 4.69) is 15.7 Å². The first-order chi connectivity index (χ1) is 16.8. The third kappa shape index (κ3) is 4.73. The van der Waals surface area contributed by atoms with Gasteiger partial charge in [-0.05, 0) is 29.2 Å². The van der Waals surface area contributed by atoms with Gasteiger partial charge in [0.05, 0.1) is 18.0 Å². The van der Waals surface area contributed by atoms with Crippen molar-refractivity contribution in [2.75, 3.05) is 19.0 Å². The first-order valence-corrected chi connectivity index (χ1v) is 11.0. The maximum absolute atomic E-state index is 12.8. The van der Waals surface area contributed by atoms with Gasteiger partial charge in [0, 0.05) is 20.1 Å². The molecule has 10 heteroatoms. The Morgan fingerprint density at radius 1 is 1.09 bits per heavy atom. The molecule has 0 saturated heterocycles. The predicted octanol–water partition coefficient (Wildman–Crippen LogP) is 3.00. The minimum Gasteiger partial charge on any atom is -0.480 e. The van der Waals surface area contributed by atoms with E-state index in [1.807, 2.05) is 48.5 Å². The quantitative estimate of drug-likeness (QED) is 0.453. The number of benzene rings is 2. The molecule has 1 heterocycles. The number of anilines is 1. The lowest BCUT2D eigenvalue weighted by Crippen LogP contribution is -2.48. The minimum absolute atomic E-state index is 0.0203. The van der Waals surface area contributed by atoms with E-state index in [0.29, 0.717) is 0 Å². The zero-order chi connectivity index (χ0) is 25.1. The van der Waals surface area contributed by atoms with E-state index < -0.39 is 30.1 Å². The number of fused-ring (bicyclic) bond motifs is 3. The monoisotopic (exact) mass is 478 g/mol. The molecule has 3 N–H and O–H groups in total. The van der Waals surface area contributed by atoms with Crippen LogP contribution in [0.25, 0.3) is 11.1 Å². The van der Waals surface area contributed by atoms with Gasteiger partial charge in [0.15, 0.2) is 6.04 Å². The highest BCUT2D eigenvalue weighted by Gasteiger charge is 2.31. The second kappa shape index (κ2) is 9.98. The van der Waals surface area contributed by atoms with Crippen LogP contribution in [0.5, 0.6) is 0 Å². The molecule has 0 radical (unpaired) electrons. The summed E-state index contributed by atoms with van der Waals surface area (Å²) in [5.41, 5.74) is 4.46. The van der Waals surface area contributed by atoms with E-state index >= 15 is 0 Å². The Bertz CT molecular complexity index is 1220. The van der Waals surface area contributed by atoms with Crippen molar-refractivity contribution in [1.29, 1.82) is 0 Å². The molecule has 2 unspecified atom stereocenters. The van der Waals surface area contributed by atoms with Crippen molar-refractivity contribution in [3.8, 4) is 11.1 Å². The van der Waals surface area contributed by atoms with Crippen LogP contribution in [0.3, 0.4) is 0 Å². The summed E-state index contributed by atoms with van der Waals surface area (Å²) >= 11 is 0. The smallest absolute Gasteiger partial charge is 0.411 e. The molecule has 4 rings (SSSR count). The van der Waals surface area contributed by atoms with Gasteiger partial charge in [-0.1, -0.05) is 48.5 Å². The van der Waals surface area contributed by atoms with Crippen molar-refractivity contribution in [3.63, 3.8) is 0 Å². The van der Waals surface area contributed by atoms with Crippen molar-refractivity contribution < 1.29 is 29.0 Å². The fourth-order valence-electron chi connectivity index (χ4n) is 4.27. The summed E-state index contributed by atoms with van der Waals surface area (Å²) in [6, 6.07) is 14.7. The number of carboxylic acids is 1. The largest absolute Gasteiger partial charge is 0.480 e. The summed E-state index contributed by atoms with van der Waals surface area (Å²) in [5, 5.41) is 18.4. The molecule has 2 aromatic carbocycles. The predicted molar refractivity (Wildman–Crippen MR) is 127 cm³/mol. The third-order valence-electron chi connectivity index (χ3n) is 6.13. The number of hydrogen-bond acceptors (Lipinski definition) is 6. The van der Waals surface area contributed by atoms with E-state index in [4.69, 9.17) is 9.47 Å². The number of rotatable bonds is 8. The molecule has 1 aliphatic carbocycles. The number of methoxy groups -OCH3 is 1. The van der Waals surface area contributed by atoms with Crippen molar-refractivity contribution in [2.45, 2.75) is 25.0 Å².